The van der Waals surface area contributed by atoms with Crippen LogP contribution in [0.4, 0.5) is 0 Å². The predicted octanol–water partition coefficient (Wildman–Crippen LogP) is 3.88. The smallest absolute Gasteiger partial charge is 0.0308 e. The van der Waals surface area contributed by atoms with Gasteiger partial charge in [-0.3, -0.25) is 0 Å². The van der Waals surface area contributed by atoms with Crippen LogP contribution in [0.15, 0.2) is 11.6 Å². The molecule has 2 fully saturated rings. The zero-order valence-electron chi connectivity index (χ0n) is 13.1. The van der Waals surface area contributed by atoms with Crippen molar-refractivity contribution in [2.45, 2.75) is 76.2 Å². The Morgan fingerprint density at radius 1 is 1.05 bits per heavy atom. The number of allylic oxidation sites excluding steroid dienone is 1. The maximum Gasteiger partial charge on any atom is 0.0308 e. The highest BCUT2D eigenvalue weighted by atomic mass is 15.2. The molecule has 3 rings (SSSR count). The van der Waals surface area contributed by atoms with Crippen LogP contribution in [0, 0.1) is 0 Å². The van der Waals surface area contributed by atoms with Crippen molar-refractivity contribution in [3.63, 3.8) is 0 Å². The van der Waals surface area contributed by atoms with Crippen LogP contribution in [-0.2, 0) is 0 Å². The van der Waals surface area contributed by atoms with Crippen molar-refractivity contribution in [2.24, 2.45) is 0 Å². The lowest BCUT2D eigenvalue weighted by molar-refractivity contribution is 0.165. The molecule has 0 unspecified atom stereocenters. The summed E-state index contributed by atoms with van der Waals surface area (Å²) in [5.41, 5.74) is 2.21. The van der Waals surface area contributed by atoms with Gasteiger partial charge in [0.05, 0.1) is 0 Å². The largest absolute Gasteiger partial charge is 0.310 e. The summed E-state index contributed by atoms with van der Waals surface area (Å²) in [6.07, 6.45) is 17.9. The normalized spacial score (nSPS) is 28.1. The molecule has 1 heterocycles. The van der Waals surface area contributed by atoms with Gasteiger partial charge in [0.15, 0.2) is 0 Å². The fraction of sp³-hybridized carbons (Fsp3) is 0.889. The average molecular weight is 276 g/mol. The molecule has 0 aromatic carbocycles. The molecule has 3 aliphatic rings. The minimum absolute atomic E-state index is 0.468. The molecular formula is C18H32N2. The molecule has 2 heteroatoms. The quantitative estimate of drug-likeness (QED) is 0.787. The summed E-state index contributed by atoms with van der Waals surface area (Å²) < 4.78 is 0. The van der Waals surface area contributed by atoms with Crippen molar-refractivity contribution >= 4 is 0 Å². The van der Waals surface area contributed by atoms with Crippen LogP contribution < -0.4 is 5.32 Å². The zero-order valence-corrected chi connectivity index (χ0v) is 13.1. The van der Waals surface area contributed by atoms with Crippen LogP contribution in [0.1, 0.15) is 70.6 Å². The van der Waals surface area contributed by atoms with Crippen molar-refractivity contribution in [3.05, 3.63) is 11.6 Å². The van der Waals surface area contributed by atoms with Gasteiger partial charge >= 0.3 is 0 Å². The first-order valence-corrected chi connectivity index (χ1v) is 9.02. The minimum Gasteiger partial charge on any atom is -0.310 e. The maximum atomic E-state index is 3.91. The molecule has 0 amide bonds. The van der Waals surface area contributed by atoms with Crippen LogP contribution in [0.2, 0.25) is 0 Å². The molecule has 20 heavy (non-hydrogen) atoms. The Labute approximate surface area is 125 Å². The van der Waals surface area contributed by atoms with E-state index in [1.165, 1.54) is 96.8 Å². The monoisotopic (exact) mass is 276 g/mol. The standard InChI is InChI=1S/C18H32N2/c1-3-8-17(9-4-1)10-15-20-14-7-13-19-18(16-20)11-5-2-6-12-18/h8,19H,1-7,9-16H2. The Kier molecular flexibility index (Phi) is 5.17. The van der Waals surface area contributed by atoms with E-state index in [0.717, 1.165) is 0 Å². The van der Waals surface area contributed by atoms with Gasteiger partial charge in [-0.25, -0.2) is 0 Å². The van der Waals surface area contributed by atoms with Gasteiger partial charge in [0, 0.05) is 18.6 Å². The van der Waals surface area contributed by atoms with Crippen molar-refractivity contribution in [2.75, 3.05) is 26.2 Å². The molecule has 1 spiro atoms. The zero-order chi connectivity index (χ0) is 13.7. The second-order valence-corrected chi connectivity index (χ2v) is 7.26. The Morgan fingerprint density at radius 2 is 1.95 bits per heavy atom. The average Bonchev–Trinajstić information content (AvgIpc) is 2.70. The third-order valence-corrected chi connectivity index (χ3v) is 5.62. The SMILES string of the molecule is C1=C(CCN2CCCNC3(CCCCC3)C2)CCCC1. The van der Waals surface area contributed by atoms with Crippen molar-refractivity contribution in [1.82, 2.24) is 10.2 Å². The van der Waals surface area contributed by atoms with Crippen molar-refractivity contribution in [3.8, 4) is 0 Å². The van der Waals surface area contributed by atoms with Crippen LogP contribution in [-0.4, -0.2) is 36.6 Å². The van der Waals surface area contributed by atoms with E-state index in [-0.39, 0.29) is 0 Å². The van der Waals surface area contributed by atoms with Gasteiger partial charge in [-0.1, -0.05) is 30.9 Å². The Balaban J connectivity index is 1.53. The lowest BCUT2D eigenvalue weighted by Gasteiger charge is -2.40. The highest BCUT2D eigenvalue weighted by molar-refractivity contribution is 5.05. The highest BCUT2D eigenvalue weighted by Gasteiger charge is 2.34. The number of hydrogen-bond acceptors (Lipinski definition) is 2. The second-order valence-electron chi connectivity index (χ2n) is 7.26. The predicted molar refractivity (Wildman–Crippen MR) is 86.0 cm³/mol. The molecule has 1 saturated carbocycles. The lowest BCUT2D eigenvalue weighted by Crippen LogP contribution is -2.52. The molecule has 2 aliphatic carbocycles. The number of rotatable bonds is 3. The number of nitrogens with zero attached hydrogens (tertiary/aromatic N) is 1. The van der Waals surface area contributed by atoms with E-state index < -0.39 is 0 Å². The molecular weight excluding hydrogens is 244 g/mol. The minimum atomic E-state index is 0.468. The first-order chi connectivity index (χ1) is 9.86. The van der Waals surface area contributed by atoms with E-state index in [0.29, 0.717) is 5.54 Å². The molecule has 0 atom stereocenters. The molecule has 1 N–H and O–H groups in total. The molecule has 114 valence electrons. The van der Waals surface area contributed by atoms with Gasteiger partial charge < -0.3 is 10.2 Å². The molecule has 0 aromatic rings. The number of nitrogens with one attached hydrogen (secondary N) is 1. The molecule has 0 radical (unpaired) electrons. The molecule has 2 nitrogen and oxygen atoms in total. The Bertz CT molecular complexity index is 328. The number of hydrogen-bond donors (Lipinski definition) is 1. The van der Waals surface area contributed by atoms with Gasteiger partial charge in [-0.05, 0) is 64.5 Å². The summed E-state index contributed by atoms with van der Waals surface area (Å²) in [4.78, 5) is 2.76. The fourth-order valence-electron chi connectivity index (χ4n) is 4.41. The topological polar surface area (TPSA) is 15.3 Å². The van der Waals surface area contributed by atoms with E-state index in [4.69, 9.17) is 0 Å². The van der Waals surface area contributed by atoms with E-state index in [1.54, 1.807) is 5.57 Å². The summed E-state index contributed by atoms with van der Waals surface area (Å²) in [5.74, 6) is 0. The van der Waals surface area contributed by atoms with Crippen LogP contribution >= 0.6 is 0 Å². The van der Waals surface area contributed by atoms with E-state index in [2.05, 4.69) is 16.3 Å². The van der Waals surface area contributed by atoms with E-state index in [9.17, 15) is 0 Å². The first-order valence-electron chi connectivity index (χ1n) is 9.02. The summed E-state index contributed by atoms with van der Waals surface area (Å²) in [6, 6.07) is 0. The lowest BCUT2D eigenvalue weighted by atomic mass is 9.81. The van der Waals surface area contributed by atoms with Gasteiger partial charge in [-0.2, -0.15) is 0 Å². The van der Waals surface area contributed by atoms with Crippen molar-refractivity contribution in [1.29, 1.82) is 0 Å². The van der Waals surface area contributed by atoms with Gasteiger partial charge in [0.1, 0.15) is 0 Å². The molecule has 0 bridgehead atoms. The molecule has 1 saturated heterocycles. The summed E-state index contributed by atoms with van der Waals surface area (Å²) >= 11 is 0. The Hall–Kier alpha value is -0.340. The highest BCUT2D eigenvalue weighted by Crippen LogP contribution is 2.30. The van der Waals surface area contributed by atoms with Crippen molar-refractivity contribution < 1.29 is 0 Å². The van der Waals surface area contributed by atoms with Gasteiger partial charge in [-0.15, -0.1) is 0 Å². The fourth-order valence-corrected chi connectivity index (χ4v) is 4.41. The molecule has 0 aromatic heterocycles. The van der Waals surface area contributed by atoms with E-state index in [1.807, 2.05) is 0 Å². The summed E-state index contributed by atoms with van der Waals surface area (Å²) in [7, 11) is 0. The maximum absolute atomic E-state index is 3.91. The third-order valence-electron chi connectivity index (χ3n) is 5.62. The van der Waals surface area contributed by atoms with Gasteiger partial charge in [0.25, 0.3) is 0 Å². The summed E-state index contributed by atoms with van der Waals surface area (Å²) in [6.45, 7) is 5.15. The van der Waals surface area contributed by atoms with Crippen LogP contribution in [0.3, 0.4) is 0 Å². The Morgan fingerprint density at radius 3 is 2.75 bits per heavy atom. The van der Waals surface area contributed by atoms with Crippen LogP contribution in [0.25, 0.3) is 0 Å². The second kappa shape index (κ2) is 7.09. The third kappa shape index (κ3) is 3.85. The van der Waals surface area contributed by atoms with Crippen LogP contribution in [0.5, 0.6) is 0 Å². The summed E-state index contributed by atoms with van der Waals surface area (Å²) in [5, 5.41) is 3.91. The first kappa shape index (κ1) is 14.6. The van der Waals surface area contributed by atoms with Gasteiger partial charge in [0.2, 0.25) is 0 Å². The van der Waals surface area contributed by atoms with E-state index >= 15 is 0 Å². The molecule has 1 aliphatic heterocycles.